The van der Waals surface area contributed by atoms with Crippen LogP contribution in [0.2, 0.25) is 10.2 Å². The summed E-state index contributed by atoms with van der Waals surface area (Å²) in [4.78, 5) is 16.3. The topological polar surface area (TPSA) is 42.0 Å². The molecular weight excluding hydrogens is 314 g/mol. The molecule has 0 aliphatic carbocycles. The van der Waals surface area contributed by atoms with Crippen molar-refractivity contribution in [2.24, 2.45) is 0 Å². The van der Waals surface area contributed by atoms with Crippen molar-refractivity contribution in [3.05, 3.63) is 57.6 Å². The molecule has 3 nitrogen and oxygen atoms in total. The molecule has 0 bridgehead atoms. The number of benzene rings is 1. The molecule has 0 saturated carbocycles. The molecule has 0 atom stereocenters. The van der Waals surface area contributed by atoms with Gasteiger partial charge in [0.25, 0.3) is 5.91 Å². The van der Waals surface area contributed by atoms with E-state index in [2.05, 4.69) is 10.3 Å². The highest BCUT2D eigenvalue weighted by Crippen LogP contribution is 2.25. The first-order valence-electron chi connectivity index (χ1n) is 6.43. The Morgan fingerprint density at radius 2 is 2.10 bits per heavy atom. The Labute approximate surface area is 132 Å². The molecule has 1 heterocycles. The van der Waals surface area contributed by atoms with Crippen molar-refractivity contribution in [3.63, 3.8) is 0 Å². The second kappa shape index (κ2) is 6.87. The van der Waals surface area contributed by atoms with E-state index in [1.807, 2.05) is 6.92 Å². The molecule has 0 unspecified atom stereocenters. The first-order valence-corrected chi connectivity index (χ1v) is 7.18. The third-order valence-electron chi connectivity index (χ3n) is 2.82. The third-order valence-corrected chi connectivity index (χ3v) is 3.33. The van der Waals surface area contributed by atoms with Crippen molar-refractivity contribution in [3.8, 4) is 0 Å². The molecule has 2 aromatic rings. The Morgan fingerprint density at radius 3 is 2.76 bits per heavy atom. The van der Waals surface area contributed by atoms with Crippen LogP contribution in [-0.2, 0) is 6.42 Å². The maximum atomic E-state index is 13.7. The van der Waals surface area contributed by atoms with E-state index >= 15 is 0 Å². The minimum atomic E-state index is -0.593. The van der Waals surface area contributed by atoms with E-state index in [1.165, 1.54) is 24.3 Å². The van der Waals surface area contributed by atoms with Gasteiger partial charge in [0.2, 0.25) is 0 Å². The van der Waals surface area contributed by atoms with E-state index in [9.17, 15) is 9.18 Å². The lowest BCUT2D eigenvalue weighted by Crippen LogP contribution is -2.14. The van der Waals surface area contributed by atoms with Crippen LogP contribution in [0.25, 0.3) is 0 Å². The fraction of sp³-hybridized carbons (Fsp3) is 0.200. The zero-order chi connectivity index (χ0) is 15.4. The van der Waals surface area contributed by atoms with Gasteiger partial charge in [-0.2, -0.15) is 0 Å². The normalized spacial score (nSPS) is 10.5. The van der Waals surface area contributed by atoms with Gasteiger partial charge >= 0.3 is 0 Å². The number of amides is 1. The smallest absolute Gasteiger partial charge is 0.255 e. The van der Waals surface area contributed by atoms with E-state index in [0.717, 1.165) is 12.1 Å². The van der Waals surface area contributed by atoms with Crippen LogP contribution in [0, 0.1) is 5.82 Å². The molecule has 0 radical (unpaired) electrons. The molecular formula is C15H13Cl2FN2O. The van der Waals surface area contributed by atoms with Gasteiger partial charge in [-0.25, -0.2) is 9.37 Å². The lowest BCUT2D eigenvalue weighted by Gasteiger charge is -2.09. The number of para-hydroxylation sites is 1. The van der Waals surface area contributed by atoms with E-state index in [1.54, 1.807) is 6.07 Å². The summed E-state index contributed by atoms with van der Waals surface area (Å²) in [5, 5.41) is 2.82. The summed E-state index contributed by atoms with van der Waals surface area (Å²) in [6, 6.07) is 7.27. The molecule has 0 aliphatic heterocycles. The van der Waals surface area contributed by atoms with E-state index in [0.29, 0.717) is 12.0 Å². The van der Waals surface area contributed by atoms with Crippen LogP contribution < -0.4 is 5.32 Å². The van der Waals surface area contributed by atoms with Crippen LogP contribution in [0.5, 0.6) is 0 Å². The van der Waals surface area contributed by atoms with Crippen LogP contribution in [0.1, 0.15) is 29.4 Å². The monoisotopic (exact) mass is 326 g/mol. The van der Waals surface area contributed by atoms with Crippen molar-refractivity contribution in [1.82, 2.24) is 4.98 Å². The third kappa shape index (κ3) is 3.93. The summed E-state index contributed by atoms with van der Waals surface area (Å²) in [7, 11) is 0. The number of nitrogens with zero attached hydrogens (tertiary/aromatic N) is 1. The highest BCUT2D eigenvalue weighted by atomic mass is 35.5. The maximum Gasteiger partial charge on any atom is 0.255 e. The molecule has 1 aromatic carbocycles. The average molecular weight is 327 g/mol. The van der Waals surface area contributed by atoms with Crippen LogP contribution in [0.15, 0.2) is 30.3 Å². The van der Waals surface area contributed by atoms with Gasteiger partial charge in [-0.3, -0.25) is 4.79 Å². The highest BCUT2D eigenvalue weighted by Gasteiger charge is 2.14. The number of anilines is 1. The molecule has 2 rings (SSSR count). The SMILES string of the molecule is CCCc1cc(C(=O)Nc2c(F)cccc2Cl)cc(Cl)n1. The Hall–Kier alpha value is -1.65. The van der Waals surface area contributed by atoms with Gasteiger partial charge in [-0.15, -0.1) is 0 Å². The number of carbonyl (C=O) groups excluding carboxylic acids is 1. The fourth-order valence-corrected chi connectivity index (χ4v) is 2.31. The molecule has 21 heavy (non-hydrogen) atoms. The second-order valence-corrected chi connectivity index (χ2v) is 5.27. The number of pyridine rings is 1. The first-order chi connectivity index (χ1) is 10.0. The molecule has 1 amide bonds. The summed E-state index contributed by atoms with van der Waals surface area (Å²) >= 11 is 11.8. The molecule has 110 valence electrons. The molecule has 0 aliphatic rings. The van der Waals surface area contributed by atoms with Crippen molar-refractivity contribution >= 4 is 34.8 Å². The first kappa shape index (κ1) is 15.7. The van der Waals surface area contributed by atoms with Crippen molar-refractivity contribution in [2.75, 3.05) is 5.32 Å². The summed E-state index contributed by atoms with van der Waals surface area (Å²) in [5.41, 5.74) is 0.988. The Bertz CT molecular complexity index is 656. The molecule has 0 spiro atoms. The predicted octanol–water partition coefficient (Wildman–Crippen LogP) is 4.73. The van der Waals surface area contributed by atoms with Crippen LogP contribution >= 0.6 is 23.2 Å². The molecule has 1 N–H and O–H groups in total. The van der Waals surface area contributed by atoms with Gasteiger partial charge in [-0.1, -0.05) is 42.6 Å². The molecule has 0 saturated heterocycles. The lowest BCUT2D eigenvalue weighted by atomic mass is 10.1. The van der Waals surface area contributed by atoms with E-state index in [4.69, 9.17) is 23.2 Å². The predicted molar refractivity (Wildman–Crippen MR) is 82.6 cm³/mol. The molecule has 6 heteroatoms. The zero-order valence-corrected chi connectivity index (χ0v) is 12.8. The summed E-state index contributed by atoms with van der Waals surface area (Å²) in [6.45, 7) is 2.00. The largest absolute Gasteiger partial charge is 0.318 e. The summed E-state index contributed by atoms with van der Waals surface area (Å²) in [5.74, 6) is -1.08. The van der Waals surface area contributed by atoms with Gasteiger partial charge in [-0.05, 0) is 30.7 Å². The fourth-order valence-electron chi connectivity index (χ4n) is 1.87. The zero-order valence-electron chi connectivity index (χ0n) is 11.3. The van der Waals surface area contributed by atoms with E-state index < -0.39 is 11.7 Å². The molecule has 0 fully saturated rings. The average Bonchev–Trinajstić information content (AvgIpc) is 2.42. The highest BCUT2D eigenvalue weighted by molar-refractivity contribution is 6.34. The van der Waals surface area contributed by atoms with Gasteiger partial charge in [0.15, 0.2) is 0 Å². The van der Waals surface area contributed by atoms with Crippen molar-refractivity contribution in [2.45, 2.75) is 19.8 Å². The molecule has 1 aromatic heterocycles. The summed E-state index contributed by atoms with van der Waals surface area (Å²) in [6.07, 6.45) is 1.59. The Balaban J connectivity index is 2.28. The van der Waals surface area contributed by atoms with Crippen LogP contribution in [-0.4, -0.2) is 10.9 Å². The van der Waals surface area contributed by atoms with E-state index in [-0.39, 0.29) is 15.9 Å². The quantitative estimate of drug-likeness (QED) is 0.825. The van der Waals surface area contributed by atoms with Crippen molar-refractivity contribution in [1.29, 1.82) is 0 Å². The minimum Gasteiger partial charge on any atom is -0.318 e. The number of rotatable bonds is 4. The number of aryl methyl sites for hydroxylation is 1. The van der Waals surface area contributed by atoms with Gasteiger partial charge < -0.3 is 5.32 Å². The number of carbonyl (C=O) groups is 1. The van der Waals surface area contributed by atoms with Gasteiger partial charge in [0, 0.05) is 11.3 Å². The Morgan fingerprint density at radius 1 is 1.33 bits per heavy atom. The number of halogens is 3. The number of hydrogen-bond donors (Lipinski definition) is 1. The van der Waals surface area contributed by atoms with Gasteiger partial charge in [0.1, 0.15) is 11.0 Å². The van der Waals surface area contributed by atoms with Crippen molar-refractivity contribution < 1.29 is 9.18 Å². The van der Waals surface area contributed by atoms with Gasteiger partial charge in [0.05, 0.1) is 10.7 Å². The lowest BCUT2D eigenvalue weighted by molar-refractivity contribution is 0.102. The number of aromatic nitrogens is 1. The summed E-state index contributed by atoms with van der Waals surface area (Å²) < 4.78 is 13.7. The standard InChI is InChI=1S/C15H13Cl2FN2O/c1-2-4-10-7-9(8-13(17)19-10)15(21)20-14-11(16)5-3-6-12(14)18/h3,5-8H,2,4H2,1H3,(H,20,21). The Kier molecular flexibility index (Phi) is 5.15. The maximum absolute atomic E-state index is 13.7. The van der Waals surface area contributed by atoms with Crippen LogP contribution in [0.4, 0.5) is 10.1 Å². The van der Waals surface area contributed by atoms with Crippen LogP contribution in [0.3, 0.4) is 0 Å². The minimum absolute atomic E-state index is 0.0471. The second-order valence-electron chi connectivity index (χ2n) is 4.47. The number of nitrogens with one attached hydrogen (secondary N) is 1. The number of hydrogen-bond acceptors (Lipinski definition) is 2.